The lowest BCUT2D eigenvalue weighted by Crippen LogP contribution is -2.04. The first kappa shape index (κ1) is 17.6. The number of benzene rings is 2. The van der Waals surface area contributed by atoms with Gasteiger partial charge in [-0.2, -0.15) is 4.98 Å². The molecule has 3 rings (SSSR count). The van der Waals surface area contributed by atoms with Gasteiger partial charge in [0.05, 0.1) is 12.1 Å². The Hall–Kier alpha value is -3.26. The lowest BCUT2D eigenvalue weighted by Gasteiger charge is -2.09. The first-order chi connectivity index (χ1) is 12.5. The second kappa shape index (κ2) is 7.75. The second-order valence-corrected chi connectivity index (χ2v) is 5.71. The zero-order chi connectivity index (χ0) is 18.5. The van der Waals surface area contributed by atoms with Crippen molar-refractivity contribution in [2.45, 2.75) is 6.42 Å². The van der Waals surface area contributed by atoms with E-state index in [0.717, 1.165) is 0 Å². The largest absolute Gasteiger partial charge is 0.481 e. The minimum absolute atomic E-state index is 0.0879. The van der Waals surface area contributed by atoms with Crippen LogP contribution in [-0.2, 0) is 11.2 Å². The average molecular weight is 374 g/mol. The van der Waals surface area contributed by atoms with E-state index in [1.54, 1.807) is 30.3 Å². The highest BCUT2D eigenvalue weighted by Crippen LogP contribution is 2.22. The van der Waals surface area contributed by atoms with E-state index in [-0.39, 0.29) is 29.0 Å². The number of hydrogen-bond donors (Lipinski definition) is 3. The smallest absolute Gasteiger partial charge is 0.307 e. The maximum atomic E-state index is 13.9. The summed E-state index contributed by atoms with van der Waals surface area (Å²) in [5, 5.41) is 14.9. The molecule has 9 heteroatoms. The molecule has 26 heavy (non-hydrogen) atoms. The molecule has 0 aliphatic heterocycles. The molecule has 0 atom stereocenters. The monoisotopic (exact) mass is 373 g/mol. The first-order valence-electron chi connectivity index (χ1n) is 7.48. The van der Waals surface area contributed by atoms with Crippen LogP contribution in [0.15, 0.2) is 48.8 Å². The summed E-state index contributed by atoms with van der Waals surface area (Å²) in [6.45, 7) is 0. The zero-order valence-electron chi connectivity index (χ0n) is 13.3. The molecule has 1 aromatic heterocycles. The molecular weight excluding hydrogens is 361 g/mol. The van der Waals surface area contributed by atoms with Crippen molar-refractivity contribution in [2.24, 2.45) is 0 Å². The number of rotatable bonds is 6. The summed E-state index contributed by atoms with van der Waals surface area (Å²) in [6, 6.07) is 11.1. The van der Waals surface area contributed by atoms with E-state index in [9.17, 15) is 9.18 Å². The molecule has 0 unspecified atom stereocenters. The zero-order valence-corrected chi connectivity index (χ0v) is 14.0. The quantitative estimate of drug-likeness (QED) is 0.604. The van der Waals surface area contributed by atoms with Crippen molar-refractivity contribution in [1.82, 2.24) is 15.0 Å². The fourth-order valence-electron chi connectivity index (χ4n) is 2.19. The summed E-state index contributed by atoms with van der Waals surface area (Å²) in [5.41, 5.74) is 1.44. The number of aliphatic carboxylic acids is 1. The van der Waals surface area contributed by atoms with Gasteiger partial charge in [-0.1, -0.05) is 23.7 Å². The number of carboxylic acid groups (broad SMARTS) is 1. The topological polar surface area (TPSA) is 100 Å². The molecule has 1 heterocycles. The van der Waals surface area contributed by atoms with E-state index < -0.39 is 11.8 Å². The normalized spacial score (nSPS) is 10.4. The number of hydrogen-bond acceptors (Lipinski definition) is 6. The van der Waals surface area contributed by atoms with E-state index in [0.29, 0.717) is 11.3 Å². The Bertz CT molecular complexity index is 954. The number of anilines is 4. The molecule has 0 bridgehead atoms. The van der Waals surface area contributed by atoms with E-state index in [4.69, 9.17) is 16.7 Å². The van der Waals surface area contributed by atoms with Crippen molar-refractivity contribution < 1.29 is 14.3 Å². The Kier molecular flexibility index (Phi) is 5.23. The van der Waals surface area contributed by atoms with Crippen molar-refractivity contribution >= 4 is 40.8 Å². The van der Waals surface area contributed by atoms with Crippen molar-refractivity contribution in [3.05, 3.63) is 65.2 Å². The number of carbonyl (C=O) groups is 1. The van der Waals surface area contributed by atoms with Gasteiger partial charge < -0.3 is 15.7 Å². The molecule has 7 nitrogen and oxygen atoms in total. The average Bonchev–Trinajstić information content (AvgIpc) is 2.57. The van der Waals surface area contributed by atoms with Gasteiger partial charge in [-0.05, 0) is 35.9 Å². The van der Waals surface area contributed by atoms with Gasteiger partial charge in [0.2, 0.25) is 11.9 Å². The molecule has 0 aliphatic carbocycles. The van der Waals surface area contributed by atoms with Crippen molar-refractivity contribution in [3.8, 4) is 0 Å². The summed E-state index contributed by atoms with van der Waals surface area (Å²) >= 11 is 5.72. The van der Waals surface area contributed by atoms with Gasteiger partial charge in [0, 0.05) is 10.7 Å². The van der Waals surface area contributed by atoms with Gasteiger partial charge >= 0.3 is 5.97 Å². The number of nitrogens with zero attached hydrogens (tertiary/aromatic N) is 3. The molecule has 3 N–H and O–H groups in total. The third-order valence-electron chi connectivity index (χ3n) is 3.29. The van der Waals surface area contributed by atoms with Gasteiger partial charge in [-0.3, -0.25) is 4.79 Å². The van der Waals surface area contributed by atoms with Crippen molar-refractivity contribution in [1.29, 1.82) is 0 Å². The lowest BCUT2D eigenvalue weighted by atomic mass is 10.1. The Labute approximate surface area is 152 Å². The Morgan fingerprint density at radius 1 is 1.12 bits per heavy atom. The maximum absolute atomic E-state index is 13.9. The molecular formula is C17H13ClFN5O2. The lowest BCUT2D eigenvalue weighted by molar-refractivity contribution is -0.136. The molecule has 0 fully saturated rings. The van der Waals surface area contributed by atoms with E-state index in [1.165, 1.54) is 18.5 Å². The summed E-state index contributed by atoms with van der Waals surface area (Å²) in [7, 11) is 0. The molecule has 0 radical (unpaired) electrons. The van der Waals surface area contributed by atoms with Crippen LogP contribution in [0.3, 0.4) is 0 Å². The number of aromatic nitrogens is 3. The second-order valence-electron chi connectivity index (χ2n) is 5.28. The number of halogens is 2. The SMILES string of the molecule is O=C(O)Cc1cccc(Nc2ncnc(Nc3ccc(Cl)cc3F)n2)c1. The predicted octanol–water partition coefficient (Wildman–Crippen LogP) is 3.78. The van der Waals surface area contributed by atoms with E-state index >= 15 is 0 Å². The van der Waals surface area contributed by atoms with Crippen molar-refractivity contribution in [3.63, 3.8) is 0 Å². The van der Waals surface area contributed by atoms with E-state index in [1.807, 2.05) is 0 Å². The van der Waals surface area contributed by atoms with Crippen molar-refractivity contribution in [2.75, 3.05) is 10.6 Å². The van der Waals surface area contributed by atoms with Gasteiger partial charge in [0.15, 0.2) is 0 Å². The van der Waals surface area contributed by atoms with Crippen LogP contribution in [0, 0.1) is 5.82 Å². The summed E-state index contributed by atoms with van der Waals surface area (Å²) in [5.74, 6) is -1.08. The number of carboxylic acids is 1. The summed E-state index contributed by atoms with van der Waals surface area (Å²) < 4.78 is 13.9. The summed E-state index contributed by atoms with van der Waals surface area (Å²) in [6.07, 6.45) is 1.18. The van der Waals surface area contributed by atoms with Gasteiger partial charge in [0.25, 0.3) is 0 Å². The fraction of sp³-hybridized carbons (Fsp3) is 0.0588. The van der Waals surface area contributed by atoms with Crippen LogP contribution in [0.2, 0.25) is 5.02 Å². The van der Waals surface area contributed by atoms with Crippen LogP contribution in [-0.4, -0.2) is 26.0 Å². The molecule has 2 aromatic carbocycles. The van der Waals surface area contributed by atoms with Crippen LogP contribution >= 0.6 is 11.6 Å². The van der Waals surface area contributed by atoms with Crippen LogP contribution in [0.5, 0.6) is 0 Å². The molecule has 0 saturated heterocycles. The van der Waals surface area contributed by atoms with Crippen LogP contribution in [0.4, 0.5) is 27.7 Å². The van der Waals surface area contributed by atoms with Gasteiger partial charge in [-0.25, -0.2) is 14.4 Å². The molecule has 0 amide bonds. The Balaban J connectivity index is 1.76. The minimum atomic E-state index is -0.918. The maximum Gasteiger partial charge on any atom is 0.307 e. The number of nitrogens with one attached hydrogen (secondary N) is 2. The predicted molar refractivity (Wildman–Crippen MR) is 95.6 cm³/mol. The highest BCUT2D eigenvalue weighted by Gasteiger charge is 2.07. The highest BCUT2D eigenvalue weighted by atomic mass is 35.5. The van der Waals surface area contributed by atoms with Crippen LogP contribution < -0.4 is 10.6 Å². The third-order valence-corrected chi connectivity index (χ3v) is 3.52. The first-order valence-corrected chi connectivity index (χ1v) is 7.86. The molecule has 0 spiro atoms. The molecule has 3 aromatic rings. The summed E-state index contributed by atoms with van der Waals surface area (Å²) in [4.78, 5) is 22.9. The highest BCUT2D eigenvalue weighted by molar-refractivity contribution is 6.30. The van der Waals surface area contributed by atoms with E-state index in [2.05, 4.69) is 25.6 Å². The molecule has 0 saturated carbocycles. The molecule has 0 aliphatic rings. The third kappa shape index (κ3) is 4.64. The van der Waals surface area contributed by atoms with Crippen LogP contribution in [0.1, 0.15) is 5.56 Å². The Morgan fingerprint density at radius 3 is 2.62 bits per heavy atom. The van der Waals surface area contributed by atoms with Gasteiger partial charge in [0.1, 0.15) is 12.1 Å². The van der Waals surface area contributed by atoms with Gasteiger partial charge in [-0.15, -0.1) is 0 Å². The van der Waals surface area contributed by atoms with Crippen LogP contribution in [0.25, 0.3) is 0 Å². The fourth-order valence-corrected chi connectivity index (χ4v) is 2.35. The Morgan fingerprint density at radius 2 is 1.88 bits per heavy atom. The molecule has 132 valence electrons. The standard InChI is InChI=1S/C17H13ClFN5O2/c18-11-4-5-14(13(19)8-11)23-17-21-9-20-16(24-17)22-12-3-1-2-10(6-12)7-15(25)26/h1-6,8-9H,7H2,(H,25,26)(H2,20,21,22,23,24). The minimum Gasteiger partial charge on any atom is -0.481 e.